The van der Waals surface area contributed by atoms with E-state index in [1.807, 2.05) is 6.26 Å². The minimum atomic E-state index is -0.468. The van der Waals surface area contributed by atoms with Crippen molar-refractivity contribution in [1.82, 2.24) is 0 Å². The normalized spacial score (nSPS) is 11.5. The molecule has 0 spiro atoms. The van der Waals surface area contributed by atoms with Crippen molar-refractivity contribution in [2.75, 3.05) is 19.1 Å². The van der Waals surface area contributed by atoms with Gasteiger partial charge in [0.15, 0.2) is 0 Å². The minimum Gasteiger partial charge on any atom is -0.468 e. The molecule has 0 aromatic carbocycles. The van der Waals surface area contributed by atoms with Gasteiger partial charge in [-0.2, -0.15) is 11.8 Å². The first-order chi connectivity index (χ1) is 4.22. The number of halogens is 1. The molecule has 0 aliphatic heterocycles. The lowest BCUT2D eigenvalue weighted by atomic mass is 10.4. The van der Waals surface area contributed by atoms with Crippen LogP contribution in [0.3, 0.4) is 0 Å². The van der Waals surface area contributed by atoms with E-state index in [1.54, 1.807) is 0 Å². The van der Waals surface area contributed by atoms with Crippen molar-refractivity contribution < 1.29 is 9.53 Å². The number of methoxy groups -OCH3 is 1. The highest BCUT2D eigenvalue weighted by atomic mass is 35.5. The highest BCUT2D eigenvalue weighted by Gasteiger charge is 2.11. The van der Waals surface area contributed by atoms with Gasteiger partial charge in [-0.3, -0.25) is 4.79 Å². The van der Waals surface area contributed by atoms with Crippen molar-refractivity contribution >= 4 is 30.1 Å². The summed E-state index contributed by atoms with van der Waals surface area (Å²) in [6.07, 6.45) is 1.89. The van der Waals surface area contributed by atoms with Crippen molar-refractivity contribution in [3.63, 3.8) is 0 Å². The van der Waals surface area contributed by atoms with Gasteiger partial charge in [-0.05, 0) is 6.26 Å². The molecule has 62 valence electrons. The monoisotopic (exact) mass is 185 g/mol. The number of esters is 1. The summed E-state index contributed by atoms with van der Waals surface area (Å²) in [6.45, 7) is 0. The lowest BCUT2D eigenvalue weighted by molar-refractivity contribution is -0.141. The van der Waals surface area contributed by atoms with Crippen molar-refractivity contribution in [3.8, 4) is 0 Å². The molecule has 1 atom stereocenters. The molecule has 0 saturated carbocycles. The zero-order valence-corrected chi connectivity index (χ0v) is 7.63. The van der Waals surface area contributed by atoms with E-state index in [9.17, 15) is 4.79 Å². The van der Waals surface area contributed by atoms with E-state index in [2.05, 4.69) is 4.74 Å². The van der Waals surface area contributed by atoms with E-state index in [0.29, 0.717) is 5.75 Å². The fraction of sp³-hybridized carbons (Fsp3) is 0.800. The predicted molar refractivity (Wildman–Crippen MR) is 45.6 cm³/mol. The van der Waals surface area contributed by atoms with Crippen molar-refractivity contribution in [2.24, 2.45) is 5.73 Å². The Labute approximate surface area is 71.1 Å². The number of hydrogen-bond acceptors (Lipinski definition) is 4. The summed E-state index contributed by atoms with van der Waals surface area (Å²) < 4.78 is 4.39. The number of hydrogen-bond donors (Lipinski definition) is 1. The number of nitrogens with two attached hydrogens (primary N) is 1. The van der Waals surface area contributed by atoms with Crippen molar-refractivity contribution in [2.45, 2.75) is 6.04 Å². The Morgan fingerprint density at radius 2 is 2.30 bits per heavy atom. The first kappa shape index (κ1) is 12.7. The number of ether oxygens (including phenoxy) is 1. The van der Waals surface area contributed by atoms with Gasteiger partial charge in [-0.25, -0.2) is 0 Å². The molecular formula is C5H12ClNO2S. The molecule has 5 heteroatoms. The summed E-state index contributed by atoms with van der Waals surface area (Å²) >= 11 is 1.53. The maximum Gasteiger partial charge on any atom is 0.323 e. The maximum atomic E-state index is 10.5. The van der Waals surface area contributed by atoms with Crippen LogP contribution in [0.1, 0.15) is 0 Å². The van der Waals surface area contributed by atoms with Crippen molar-refractivity contribution in [1.29, 1.82) is 0 Å². The first-order valence-corrected chi connectivity index (χ1v) is 3.94. The summed E-state index contributed by atoms with van der Waals surface area (Å²) in [6, 6.07) is -0.468. The van der Waals surface area contributed by atoms with Crippen LogP contribution in [-0.2, 0) is 9.53 Å². The second kappa shape index (κ2) is 7.18. The maximum absolute atomic E-state index is 10.5. The smallest absolute Gasteiger partial charge is 0.323 e. The Balaban J connectivity index is 0. The van der Waals surface area contributed by atoms with Gasteiger partial charge < -0.3 is 10.5 Å². The lowest BCUT2D eigenvalue weighted by Crippen LogP contribution is -2.33. The topological polar surface area (TPSA) is 52.3 Å². The molecule has 3 nitrogen and oxygen atoms in total. The van der Waals surface area contributed by atoms with E-state index in [4.69, 9.17) is 5.73 Å². The summed E-state index contributed by atoms with van der Waals surface area (Å²) in [7, 11) is 1.34. The predicted octanol–water partition coefficient (Wildman–Crippen LogP) is 0.272. The van der Waals surface area contributed by atoms with Gasteiger partial charge in [0.1, 0.15) is 6.04 Å². The van der Waals surface area contributed by atoms with Crippen LogP contribution in [0.25, 0.3) is 0 Å². The molecule has 0 heterocycles. The van der Waals surface area contributed by atoms with E-state index in [0.717, 1.165) is 0 Å². The zero-order chi connectivity index (χ0) is 7.28. The van der Waals surface area contributed by atoms with Crippen LogP contribution in [0, 0.1) is 0 Å². The van der Waals surface area contributed by atoms with Crippen LogP contribution in [0.15, 0.2) is 0 Å². The second-order valence-electron chi connectivity index (χ2n) is 1.58. The Kier molecular flexibility index (Phi) is 9.13. The quantitative estimate of drug-likeness (QED) is 0.642. The number of thioether (sulfide) groups is 1. The van der Waals surface area contributed by atoms with Gasteiger partial charge in [0.25, 0.3) is 0 Å². The molecule has 0 aromatic rings. The lowest BCUT2D eigenvalue weighted by Gasteiger charge is -2.05. The number of carbonyl (C=O) groups excluding carboxylic acids is 1. The Morgan fingerprint density at radius 3 is 2.60 bits per heavy atom. The van der Waals surface area contributed by atoms with Crippen LogP contribution >= 0.6 is 24.2 Å². The molecule has 2 N–H and O–H groups in total. The third-order valence-corrected chi connectivity index (χ3v) is 1.54. The molecule has 0 fully saturated rings. The average molecular weight is 186 g/mol. The van der Waals surface area contributed by atoms with Crippen LogP contribution in [0.4, 0.5) is 0 Å². The van der Waals surface area contributed by atoms with Gasteiger partial charge in [0.2, 0.25) is 0 Å². The van der Waals surface area contributed by atoms with Crippen LogP contribution < -0.4 is 5.73 Å². The van der Waals surface area contributed by atoms with Crippen molar-refractivity contribution in [3.05, 3.63) is 0 Å². The van der Waals surface area contributed by atoms with E-state index < -0.39 is 6.04 Å². The molecule has 0 bridgehead atoms. The van der Waals surface area contributed by atoms with E-state index in [1.165, 1.54) is 18.9 Å². The Bertz CT molecular complexity index is 102. The molecule has 0 rings (SSSR count). The van der Waals surface area contributed by atoms with Crippen LogP contribution in [-0.4, -0.2) is 31.1 Å². The van der Waals surface area contributed by atoms with Crippen LogP contribution in [0.5, 0.6) is 0 Å². The van der Waals surface area contributed by atoms with Gasteiger partial charge >= 0.3 is 5.97 Å². The van der Waals surface area contributed by atoms with Gasteiger partial charge in [0.05, 0.1) is 7.11 Å². The van der Waals surface area contributed by atoms with Gasteiger partial charge in [-0.1, -0.05) is 0 Å². The number of carbonyl (C=O) groups is 1. The summed E-state index contributed by atoms with van der Waals surface area (Å²) in [4.78, 5) is 10.5. The highest BCUT2D eigenvalue weighted by Crippen LogP contribution is 1.95. The number of rotatable bonds is 3. The molecule has 0 radical (unpaired) electrons. The Hall–Kier alpha value is 0.0700. The standard InChI is InChI=1S/C5H11NO2S.ClH/c1-8-5(7)4(6)3-9-2;/h4H,3,6H2,1-2H3;1H/t4-;/m0./s1. The van der Waals surface area contributed by atoms with E-state index >= 15 is 0 Å². The molecule has 0 aliphatic rings. The molecule has 0 amide bonds. The van der Waals surface area contributed by atoms with Gasteiger partial charge in [0, 0.05) is 5.75 Å². The zero-order valence-electron chi connectivity index (χ0n) is 5.99. The molecular weight excluding hydrogens is 174 g/mol. The Morgan fingerprint density at radius 1 is 1.80 bits per heavy atom. The third-order valence-electron chi connectivity index (χ3n) is 0.850. The van der Waals surface area contributed by atoms with Crippen LogP contribution in [0.2, 0.25) is 0 Å². The molecule has 0 saturated heterocycles. The fourth-order valence-corrected chi connectivity index (χ4v) is 0.894. The summed E-state index contributed by atoms with van der Waals surface area (Å²) in [5.41, 5.74) is 5.34. The molecule has 0 aromatic heterocycles. The molecule has 0 aliphatic carbocycles. The average Bonchev–Trinajstić information content (AvgIpc) is 1.87. The summed E-state index contributed by atoms with van der Waals surface area (Å²) in [5.74, 6) is 0.275. The fourth-order valence-electron chi connectivity index (χ4n) is 0.399. The van der Waals surface area contributed by atoms with Gasteiger partial charge in [-0.15, -0.1) is 12.4 Å². The summed E-state index contributed by atoms with van der Waals surface area (Å²) in [5, 5.41) is 0. The SMILES string of the molecule is COC(=O)[C@@H](N)CSC.Cl. The van der Waals surface area contributed by atoms with E-state index in [-0.39, 0.29) is 18.4 Å². The largest absolute Gasteiger partial charge is 0.468 e. The first-order valence-electron chi connectivity index (χ1n) is 2.54. The second-order valence-corrected chi connectivity index (χ2v) is 2.50. The molecule has 10 heavy (non-hydrogen) atoms. The third kappa shape index (κ3) is 4.90. The minimum absolute atomic E-state index is 0. The molecule has 0 unspecified atom stereocenters. The highest BCUT2D eigenvalue weighted by molar-refractivity contribution is 7.98.